The van der Waals surface area contributed by atoms with Crippen molar-refractivity contribution < 1.29 is 0 Å². The van der Waals surface area contributed by atoms with E-state index in [-0.39, 0.29) is 4.87 Å². The number of nitrogens with one attached hydrogen (secondary N) is 1. The molecule has 5 heteroatoms. The summed E-state index contributed by atoms with van der Waals surface area (Å²) in [5, 5.41) is 1.12. The highest BCUT2D eigenvalue weighted by Crippen LogP contribution is 2.31. The van der Waals surface area contributed by atoms with Crippen LogP contribution in [-0.2, 0) is 0 Å². The minimum absolute atomic E-state index is 0.0754. The summed E-state index contributed by atoms with van der Waals surface area (Å²) >= 11 is 13.0. The number of benzene rings is 1. The summed E-state index contributed by atoms with van der Waals surface area (Å²) < 4.78 is 0. The van der Waals surface area contributed by atoms with E-state index in [4.69, 9.17) is 23.2 Å². The van der Waals surface area contributed by atoms with Crippen molar-refractivity contribution in [1.82, 2.24) is 4.98 Å². The van der Waals surface area contributed by atoms with Crippen LogP contribution < -0.4 is 4.87 Å². The number of thiazole rings is 1. The van der Waals surface area contributed by atoms with E-state index in [0.717, 1.165) is 16.1 Å². The maximum atomic E-state index is 11.2. The van der Waals surface area contributed by atoms with Gasteiger partial charge >= 0.3 is 4.87 Å². The first kappa shape index (κ1) is 10.7. The highest BCUT2D eigenvalue weighted by Gasteiger charge is 2.10. The van der Waals surface area contributed by atoms with Crippen molar-refractivity contribution in [1.29, 1.82) is 0 Å². The molecule has 0 aliphatic carbocycles. The van der Waals surface area contributed by atoms with E-state index in [9.17, 15) is 4.79 Å². The van der Waals surface area contributed by atoms with E-state index < -0.39 is 0 Å². The van der Waals surface area contributed by atoms with Gasteiger partial charge in [-0.25, -0.2) is 0 Å². The molecule has 0 bridgehead atoms. The first-order valence-corrected chi connectivity index (χ1v) is 5.80. The fraction of sp³-hybridized carbons (Fsp3) is 0.100. The van der Waals surface area contributed by atoms with E-state index in [1.165, 1.54) is 11.3 Å². The van der Waals surface area contributed by atoms with Crippen molar-refractivity contribution in [2.45, 2.75) is 6.92 Å². The quantitative estimate of drug-likeness (QED) is 0.832. The predicted molar refractivity (Wildman–Crippen MR) is 65.1 cm³/mol. The van der Waals surface area contributed by atoms with Gasteiger partial charge in [-0.15, -0.1) is 0 Å². The molecular weight excluding hydrogens is 253 g/mol. The number of hydrogen-bond acceptors (Lipinski definition) is 2. The summed E-state index contributed by atoms with van der Waals surface area (Å²) in [6.45, 7) is 1.88. The molecule has 0 radical (unpaired) electrons. The van der Waals surface area contributed by atoms with Gasteiger partial charge in [-0.2, -0.15) is 0 Å². The number of aryl methyl sites for hydroxylation is 1. The van der Waals surface area contributed by atoms with Crippen molar-refractivity contribution in [3.63, 3.8) is 0 Å². The minimum Gasteiger partial charge on any atom is -0.312 e. The fourth-order valence-electron chi connectivity index (χ4n) is 1.35. The molecule has 1 aromatic heterocycles. The lowest BCUT2D eigenvalue weighted by Gasteiger charge is -2.02. The van der Waals surface area contributed by atoms with Crippen LogP contribution in [0.25, 0.3) is 11.3 Å². The lowest BCUT2D eigenvalue weighted by molar-refractivity contribution is 1.32. The number of aromatic nitrogens is 1. The van der Waals surface area contributed by atoms with Crippen LogP contribution in [0.2, 0.25) is 10.0 Å². The highest BCUT2D eigenvalue weighted by molar-refractivity contribution is 7.09. The first-order valence-electron chi connectivity index (χ1n) is 4.23. The van der Waals surface area contributed by atoms with E-state index in [2.05, 4.69) is 4.98 Å². The molecule has 2 nitrogen and oxygen atoms in total. The average molecular weight is 260 g/mol. The normalized spacial score (nSPS) is 10.6. The fourth-order valence-corrected chi connectivity index (χ4v) is 2.55. The van der Waals surface area contributed by atoms with E-state index in [1.807, 2.05) is 6.92 Å². The van der Waals surface area contributed by atoms with Crippen LogP contribution in [0.4, 0.5) is 0 Å². The molecule has 0 atom stereocenters. The van der Waals surface area contributed by atoms with Crippen LogP contribution in [-0.4, -0.2) is 4.98 Å². The SMILES string of the molecule is Cc1sc(=O)[nH]c1-c1ccc(Cl)cc1Cl. The first-order chi connectivity index (χ1) is 7.08. The summed E-state index contributed by atoms with van der Waals surface area (Å²) in [6.07, 6.45) is 0. The van der Waals surface area contributed by atoms with Crippen molar-refractivity contribution >= 4 is 34.5 Å². The summed E-state index contributed by atoms with van der Waals surface area (Å²) in [4.78, 5) is 14.8. The zero-order valence-electron chi connectivity index (χ0n) is 7.80. The van der Waals surface area contributed by atoms with E-state index >= 15 is 0 Å². The molecule has 0 spiro atoms. The molecule has 0 amide bonds. The van der Waals surface area contributed by atoms with Gasteiger partial charge in [-0.05, 0) is 25.1 Å². The molecule has 0 unspecified atom stereocenters. The number of aromatic amines is 1. The zero-order chi connectivity index (χ0) is 11.0. The molecule has 1 heterocycles. The molecular formula is C10H7Cl2NOS. The van der Waals surface area contributed by atoms with Crippen LogP contribution >= 0.6 is 34.5 Å². The Labute approximate surface area is 100 Å². The molecule has 2 rings (SSSR count). The molecule has 0 saturated heterocycles. The minimum atomic E-state index is -0.0754. The van der Waals surface area contributed by atoms with E-state index in [0.29, 0.717) is 10.0 Å². The van der Waals surface area contributed by atoms with Crippen molar-refractivity contribution in [2.75, 3.05) is 0 Å². The van der Waals surface area contributed by atoms with Gasteiger partial charge < -0.3 is 4.98 Å². The Morgan fingerprint density at radius 3 is 2.60 bits per heavy atom. The predicted octanol–water partition coefficient (Wildman–Crippen LogP) is 3.72. The molecule has 0 saturated carbocycles. The topological polar surface area (TPSA) is 32.9 Å². The second kappa shape index (κ2) is 4.00. The second-order valence-electron chi connectivity index (χ2n) is 3.07. The van der Waals surface area contributed by atoms with Gasteiger partial charge in [-0.3, -0.25) is 4.79 Å². The van der Waals surface area contributed by atoms with Gasteiger partial charge in [-0.1, -0.05) is 34.5 Å². The summed E-state index contributed by atoms with van der Waals surface area (Å²) in [6, 6.07) is 5.21. The van der Waals surface area contributed by atoms with Gasteiger partial charge in [0.1, 0.15) is 0 Å². The maximum absolute atomic E-state index is 11.2. The van der Waals surface area contributed by atoms with E-state index in [1.54, 1.807) is 18.2 Å². The van der Waals surface area contributed by atoms with Crippen molar-refractivity contribution in [3.8, 4) is 11.3 Å². The van der Waals surface area contributed by atoms with Crippen molar-refractivity contribution in [2.24, 2.45) is 0 Å². The lowest BCUT2D eigenvalue weighted by atomic mass is 10.1. The Morgan fingerprint density at radius 1 is 1.33 bits per heavy atom. The van der Waals surface area contributed by atoms with Gasteiger partial charge in [0.05, 0.1) is 10.7 Å². The Kier molecular flexibility index (Phi) is 2.87. The van der Waals surface area contributed by atoms with Crippen LogP contribution in [0.5, 0.6) is 0 Å². The smallest absolute Gasteiger partial charge is 0.305 e. The largest absolute Gasteiger partial charge is 0.312 e. The summed E-state index contributed by atoms with van der Waals surface area (Å²) in [5.74, 6) is 0. The standard InChI is InChI=1S/C10H7Cl2NOS/c1-5-9(13-10(14)15-5)7-3-2-6(11)4-8(7)12/h2-4H,1H3,(H,13,14). The van der Waals surface area contributed by atoms with Gasteiger partial charge in [0, 0.05) is 15.5 Å². The number of H-pyrrole nitrogens is 1. The molecule has 78 valence electrons. The third-order valence-electron chi connectivity index (χ3n) is 2.03. The average Bonchev–Trinajstić information content (AvgIpc) is 2.45. The number of hydrogen-bond donors (Lipinski definition) is 1. The maximum Gasteiger partial charge on any atom is 0.305 e. The van der Waals surface area contributed by atoms with Gasteiger partial charge in [0.2, 0.25) is 0 Å². The molecule has 0 fully saturated rings. The molecule has 2 aromatic rings. The molecule has 1 aromatic carbocycles. The summed E-state index contributed by atoms with van der Waals surface area (Å²) in [7, 11) is 0. The Morgan fingerprint density at radius 2 is 2.07 bits per heavy atom. The van der Waals surface area contributed by atoms with Crippen LogP contribution in [0.3, 0.4) is 0 Å². The monoisotopic (exact) mass is 259 g/mol. The third-order valence-corrected chi connectivity index (χ3v) is 3.37. The number of halogens is 2. The second-order valence-corrected chi connectivity index (χ2v) is 5.10. The van der Waals surface area contributed by atoms with Crippen LogP contribution in [0.15, 0.2) is 23.0 Å². The highest BCUT2D eigenvalue weighted by atomic mass is 35.5. The van der Waals surface area contributed by atoms with Crippen LogP contribution in [0, 0.1) is 6.92 Å². The van der Waals surface area contributed by atoms with Crippen LogP contribution in [0.1, 0.15) is 4.88 Å². The Balaban J connectivity index is 2.64. The Hall–Kier alpha value is -0.770. The molecule has 0 aliphatic heterocycles. The molecule has 15 heavy (non-hydrogen) atoms. The molecule has 1 N–H and O–H groups in total. The third kappa shape index (κ3) is 2.09. The van der Waals surface area contributed by atoms with Gasteiger partial charge in [0.15, 0.2) is 0 Å². The zero-order valence-corrected chi connectivity index (χ0v) is 10.1. The summed E-state index contributed by atoms with van der Waals surface area (Å²) in [5.41, 5.74) is 1.57. The lowest BCUT2D eigenvalue weighted by Crippen LogP contribution is -1.92. The molecule has 0 aliphatic rings. The number of rotatable bonds is 1. The van der Waals surface area contributed by atoms with Gasteiger partial charge in [0.25, 0.3) is 0 Å². The van der Waals surface area contributed by atoms with Crippen molar-refractivity contribution in [3.05, 3.63) is 42.8 Å². The Bertz CT molecular complexity index is 559.